The summed E-state index contributed by atoms with van der Waals surface area (Å²) in [4.78, 5) is 27.4. The summed E-state index contributed by atoms with van der Waals surface area (Å²) in [6.07, 6.45) is 1.15. The second kappa shape index (κ2) is 8.72. The van der Waals surface area contributed by atoms with Gasteiger partial charge in [0.1, 0.15) is 4.21 Å². The molecule has 3 aromatic rings. The van der Waals surface area contributed by atoms with Gasteiger partial charge in [0.05, 0.1) is 16.0 Å². The van der Waals surface area contributed by atoms with E-state index in [-0.39, 0.29) is 19.9 Å². The maximum absolute atomic E-state index is 12.7. The largest absolute Gasteiger partial charge is 0.298 e. The van der Waals surface area contributed by atoms with Crippen LogP contribution in [-0.4, -0.2) is 30.0 Å². The zero-order chi connectivity index (χ0) is 21.0. The summed E-state index contributed by atoms with van der Waals surface area (Å²) in [5, 5.41) is 13.4. The maximum Gasteiger partial charge on any atom is 0.269 e. The first-order valence-corrected chi connectivity index (χ1v) is 11.6. The molecule has 29 heavy (non-hydrogen) atoms. The van der Waals surface area contributed by atoms with Crippen LogP contribution in [-0.2, 0) is 9.84 Å². The summed E-state index contributed by atoms with van der Waals surface area (Å²) in [5.74, 6) is 0.531. The van der Waals surface area contributed by atoms with Gasteiger partial charge in [-0.25, -0.2) is 13.4 Å². The topological polar surface area (TPSA) is 119 Å². The number of rotatable bonds is 7. The highest BCUT2D eigenvalue weighted by Crippen LogP contribution is 2.29. The summed E-state index contributed by atoms with van der Waals surface area (Å²) in [6.45, 7) is 2.04. The van der Waals surface area contributed by atoms with Gasteiger partial charge < -0.3 is 0 Å². The summed E-state index contributed by atoms with van der Waals surface area (Å²) in [5.41, 5.74) is 0.227. The molecule has 1 amide bonds. The summed E-state index contributed by atoms with van der Waals surface area (Å²) < 4.78 is 25.3. The van der Waals surface area contributed by atoms with Crippen molar-refractivity contribution in [3.8, 4) is 0 Å². The van der Waals surface area contributed by atoms with E-state index in [1.54, 1.807) is 23.9 Å². The van der Waals surface area contributed by atoms with E-state index in [0.29, 0.717) is 5.56 Å². The third-order valence-electron chi connectivity index (χ3n) is 3.76. The quantitative estimate of drug-likeness (QED) is 0.325. The van der Waals surface area contributed by atoms with E-state index < -0.39 is 20.7 Å². The van der Waals surface area contributed by atoms with Crippen molar-refractivity contribution in [1.29, 1.82) is 0 Å². The minimum atomic E-state index is -3.89. The van der Waals surface area contributed by atoms with Crippen molar-refractivity contribution in [3.63, 3.8) is 0 Å². The average molecular weight is 450 g/mol. The van der Waals surface area contributed by atoms with Crippen LogP contribution in [0.5, 0.6) is 0 Å². The third-order valence-corrected chi connectivity index (χ3v) is 7.79. The molecular formula is C18H15N3O5S3. The molecule has 0 fully saturated rings. The van der Waals surface area contributed by atoms with Crippen LogP contribution in [0.3, 0.4) is 0 Å². The van der Waals surface area contributed by atoms with Gasteiger partial charge in [0.15, 0.2) is 5.13 Å². The van der Waals surface area contributed by atoms with Crippen LogP contribution >= 0.6 is 23.1 Å². The number of carbonyl (C=O) groups excluding carboxylic acids is 1. The van der Waals surface area contributed by atoms with E-state index >= 15 is 0 Å². The van der Waals surface area contributed by atoms with Crippen LogP contribution in [0.2, 0.25) is 0 Å². The number of hydrogen-bond acceptors (Lipinski definition) is 8. The smallest absolute Gasteiger partial charge is 0.269 e. The molecule has 3 rings (SSSR count). The molecule has 0 radical (unpaired) electrons. The normalized spacial score (nSPS) is 11.2. The first kappa shape index (κ1) is 21.0. The number of sulfone groups is 1. The Kier molecular flexibility index (Phi) is 6.30. The Hall–Kier alpha value is -2.76. The van der Waals surface area contributed by atoms with Crippen LogP contribution in [0.15, 0.2) is 68.7 Å². The van der Waals surface area contributed by atoms with Gasteiger partial charge >= 0.3 is 0 Å². The van der Waals surface area contributed by atoms with Crippen molar-refractivity contribution in [3.05, 3.63) is 70.4 Å². The Bertz CT molecular complexity index is 1140. The number of anilines is 1. The fourth-order valence-corrected chi connectivity index (χ4v) is 5.43. The Morgan fingerprint density at radius 3 is 2.41 bits per heavy atom. The molecule has 1 heterocycles. The first-order valence-electron chi connectivity index (χ1n) is 8.31. The summed E-state index contributed by atoms with van der Waals surface area (Å²) in [6, 6.07) is 11.6. The van der Waals surface area contributed by atoms with Crippen molar-refractivity contribution in [2.24, 2.45) is 0 Å². The molecule has 0 saturated heterocycles. The van der Waals surface area contributed by atoms with Crippen molar-refractivity contribution in [2.45, 2.75) is 20.9 Å². The average Bonchev–Trinajstić information content (AvgIpc) is 3.18. The van der Waals surface area contributed by atoms with Crippen molar-refractivity contribution in [2.75, 3.05) is 11.1 Å². The van der Waals surface area contributed by atoms with Crippen LogP contribution in [0, 0.1) is 10.1 Å². The third kappa shape index (κ3) is 4.81. The van der Waals surface area contributed by atoms with Gasteiger partial charge in [0.2, 0.25) is 9.84 Å². The van der Waals surface area contributed by atoms with Gasteiger partial charge in [0, 0.05) is 22.6 Å². The fourth-order valence-electron chi connectivity index (χ4n) is 2.34. The zero-order valence-electron chi connectivity index (χ0n) is 15.1. The highest BCUT2D eigenvalue weighted by Gasteiger charge is 2.22. The molecule has 0 aliphatic heterocycles. The Morgan fingerprint density at radius 2 is 1.83 bits per heavy atom. The molecule has 0 spiro atoms. The first-order chi connectivity index (χ1) is 13.8. The number of non-ortho nitro benzene ring substituents is 1. The molecule has 1 N–H and O–H groups in total. The molecule has 1 aromatic heterocycles. The van der Waals surface area contributed by atoms with E-state index in [2.05, 4.69) is 10.3 Å². The number of nitrogens with zero attached hydrogens (tertiary/aromatic N) is 2. The molecular weight excluding hydrogens is 434 g/mol. The monoisotopic (exact) mass is 449 g/mol. The molecule has 0 aliphatic carbocycles. The Labute approximate surface area is 175 Å². The van der Waals surface area contributed by atoms with Crippen molar-refractivity contribution < 1.29 is 18.1 Å². The Morgan fingerprint density at radius 1 is 1.17 bits per heavy atom. The second-order valence-corrected chi connectivity index (χ2v) is 10.2. The minimum absolute atomic E-state index is 0.0728. The maximum atomic E-state index is 12.7. The second-order valence-electron chi connectivity index (χ2n) is 5.65. The van der Waals surface area contributed by atoms with Gasteiger partial charge in [-0.1, -0.05) is 18.3 Å². The lowest BCUT2D eigenvalue weighted by Gasteiger charge is -2.03. The number of amides is 1. The SMILES string of the molecule is CCSc1ccc(C(=O)Nc2ncc(S(=O)(=O)c3ccc([N+](=O)[O-])cc3)s2)cc1. The number of aromatic nitrogens is 1. The molecule has 0 atom stereocenters. The lowest BCUT2D eigenvalue weighted by atomic mass is 10.2. The van der Waals surface area contributed by atoms with E-state index in [1.165, 1.54) is 12.1 Å². The van der Waals surface area contributed by atoms with Gasteiger partial charge in [0.25, 0.3) is 11.6 Å². The van der Waals surface area contributed by atoms with Gasteiger partial charge in [-0.2, -0.15) is 0 Å². The molecule has 150 valence electrons. The minimum Gasteiger partial charge on any atom is -0.298 e. The number of nitrogens with one attached hydrogen (secondary N) is 1. The van der Waals surface area contributed by atoms with Gasteiger partial charge in [-0.15, -0.1) is 11.8 Å². The highest BCUT2D eigenvalue weighted by atomic mass is 32.2. The zero-order valence-corrected chi connectivity index (χ0v) is 17.5. The standard InChI is InChI=1S/C18H15N3O5S3/c1-2-27-14-7-3-12(4-8-14)17(22)20-18-19-11-16(28-18)29(25,26)15-9-5-13(6-10-15)21(23)24/h3-11H,2H2,1H3,(H,19,20,22). The van der Waals surface area contributed by atoms with E-state index in [0.717, 1.165) is 40.3 Å². The number of nitro benzene ring substituents is 1. The van der Waals surface area contributed by atoms with Crippen LogP contribution in [0.1, 0.15) is 17.3 Å². The molecule has 8 nitrogen and oxygen atoms in total. The number of thioether (sulfide) groups is 1. The molecule has 0 saturated carbocycles. The molecule has 11 heteroatoms. The summed E-state index contributed by atoms with van der Waals surface area (Å²) in [7, 11) is -3.89. The van der Waals surface area contributed by atoms with Crippen LogP contribution < -0.4 is 5.32 Å². The van der Waals surface area contributed by atoms with E-state index in [9.17, 15) is 23.3 Å². The number of thiazole rings is 1. The number of carbonyl (C=O) groups is 1. The van der Waals surface area contributed by atoms with Crippen molar-refractivity contribution in [1.82, 2.24) is 4.98 Å². The van der Waals surface area contributed by atoms with Crippen LogP contribution in [0.4, 0.5) is 10.8 Å². The highest BCUT2D eigenvalue weighted by molar-refractivity contribution is 7.99. The molecule has 0 bridgehead atoms. The molecule has 2 aromatic carbocycles. The lowest BCUT2D eigenvalue weighted by Crippen LogP contribution is -2.11. The number of benzene rings is 2. The lowest BCUT2D eigenvalue weighted by molar-refractivity contribution is -0.384. The molecule has 0 aliphatic rings. The van der Waals surface area contributed by atoms with Gasteiger partial charge in [-0.3, -0.25) is 20.2 Å². The van der Waals surface area contributed by atoms with E-state index in [1.807, 2.05) is 19.1 Å². The predicted molar refractivity (Wildman–Crippen MR) is 111 cm³/mol. The van der Waals surface area contributed by atoms with Gasteiger partial charge in [-0.05, 0) is 42.2 Å². The fraction of sp³-hybridized carbons (Fsp3) is 0.111. The van der Waals surface area contributed by atoms with Crippen LogP contribution in [0.25, 0.3) is 0 Å². The number of nitro groups is 1. The molecule has 0 unspecified atom stereocenters. The number of hydrogen-bond donors (Lipinski definition) is 1. The van der Waals surface area contributed by atoms with E-state index in [4.69, 9.17) is 0 Å². The summed E-state index contributed by atoms with van der Waals surface area (Å²) >= 11 is 2.47. The predicted octanol–water partition coefficient (Wildman–Crippen LogP) is 4.25. The Balaban J connectivity index is 1.75. The van der Waals surface area contributed by atoms with Crippen molar-refractivity contribution >= 4 is 49.7 Å².